The summed E-state index contributed by atoms with van der Waals surface area (Å²) in [5.41, 5.74) is 20.6. The Morgan fingerprint density at radius 2 is 0.598 bits per heavy atom. The first-order valence-corrected chi connectivity index (χ1v) is 42.5. The molecule has 23 nitrogen and oxygen atoms in total. The lowest BCUT2D eigenvalue weighted by molar-refractivity contribution is 0.263. The summed E-state index contributed by atoms with van der Waals surface area (Å²) in [7, 11) is 0. The highest BCUT2D eigenvalue weighted by atomic mass is 16.4. The van der Waals surface area contributed by atoms with Crippen LogP contribution in [0.4, 0.5) is 63.0 Å². The molecule has 0 saturated carbocycles. The van der Waals surface area contributed by atoms with Gasteiger partial charge in [-0.2, -0.15) is 0 Å². The van der Waals surface area contributed by atoms with Crippen molar-refractivity contribution in [2.75, 3.05) is 41.3 Å². The highest BCUT2D eigenvalue weighted by Crippen LogP contribution is 2.53. The lowest BCUT2D eigenvalue weighted by Gasteiger charge is -2.33. The van der Waals surface area contributed by atoms with E-state index in [0.29, 0.717) is 34.2 Å². The molecule has 7 aromatic carbocycles. The maximum absolute atomic E-state index is 8.41. The molecule has 0 radical (unpaired) electrons. The average Bonchev–Trinajstić information content (AvgIpc) is 1.57. The molecule has 0 spiro atoms. The molecule has 0 amide bonds. The molecule has 23 heteroatoms. The Bertz CT molecular complexity index is 7510. The summed E-state index contributed by atoms with van der Waals surface area (Å²) >= 11 is 0. The Labute approximate surface area is 746 Å². The van der Waals surface area contributed by atoms with Gasteiger partial charge in [-0.05, 0) is 222 Å². The fourth-order valence-corrected chi connectivity index (χ4v) is 18.5. The molecule has 0 aliphatic carbocycles. The fraction of sp³-hybridized carbons (Fsp3) is 0.212. The number of para-hydroxylation sites is 2. The van der Waals surface area contributed by atoms with Crippen molar-refractivity contribution >= 4 is 173 Å². The van der Waals surface area contributed by atoms with Crippen LogP contribution >= 0.6 is 0 Å². The predicted molar refractivity (Wildman–Crippen MR) is 513 cm³/mol. The minimum absolute atomic E-state index is 0.0303. The molecule has 0 N–H and O–H groups in total. The largest absolute Gasteiger partial charge is 0.435 e. The number of hydrogen-bond acceptors (Lipinski definition) is 23. The Kier molecular flexibility index (Phi) is 18.2. The maximum atomic E-state index is 8.41. The highest BCUT2D eigenvalue weighted by Gasteiger charge is 2.42. The van der Waals surface area contributed by atoms with Crippen molar-refractivity contribution in [3.05, 3.63) is 309 Å². The summed E-state index contributed by atoms with van der Waals surface area (Å²) in [5.74, 6) is 2.60. The second kappa shape index (κ2) is 32.4. The zero-order valence-electron chi connectivity index (χ0n) is 80.5. The summed E-state index contributed by atoms with van der Waals surface area (Å²) in [5, 5.41) is 10.1. The molecule has 5 aliphatic rings. The van der Waals surface area contributed by atoms with Crippen molar-refractivity contribution < 1.29 is 33.1 Å². The number of anilines is 11. The van der Waals surface area contributed by atoms with Crippen LogP contribution in [0.2, 0.25) is 0 Å². The summed E-state index contributed by atoms with van der Waals surface area (Å²) in [4.78, 5) is 56.0. The highest BCUT2D eigenvalue weighted by molar-refractivity contribution is 6.14. The maximum Gasteiger partial charge on any atom is 0.227 e. The van der Waals surface area contributed by atoms with E-state index in [9.17, 15) is 0 Å². The Balaban J connectivity index is 0.000000105. The van der Waals surface area contributed by atoms with E-state index in [1.807, 2.05) is 190 Å². The number of rotatable bonds is 9. The van der Waals surface area contributed by atoms with E-state index >= 15 is 0 Å². The minimum atomic E-state index is -2.44. The van der Waals surface area contributed by atoms with Gasteiger partial charge in [0.15, 0.2) is 45.4 Å². The van der Waals surface area contributed by atoms with Crippen LogP contribution in [0.5, 0.6) is 0 Å². The van der Waals surface area contributed by atoms with Crippen LogP contribution in [-0.4, -0.2) is 104 Å². The van der Waals surface area contributed by atoms with E-state index in [2.05, 4.69) is 181 Å². The Morgan fingerprint density at radius 3 is 0.969 bits per heavy atom. The second-order valence-corrected chi connectivity index (χ2v) is 32.6. The van der Waals surface area contributed by atoms with Gasteiger partial charge in [0, 0.05) is 179 Å². The zero-order valence-corrected chi connectivity index (χ0v) is 72.5. The van der Waals surface area contributed by atoms with Crippen molar-refractivity contribution in [2.45, 2.75) is 140 Å². The quantitative estimate of drug-likeness (QED) is 0.132. The van der Waals surface area contributed by atoms with Crippen LogP contribution in [0.1, 0.15) is 101 Å². The van der Waals surface area contributed by atoms with E-state index in [0.717, 1.165) is 167 Å². The van der Waals surface area contributed by atoms with Crippen molar-refractivity contribution in [1.82, 2.24) is 54.6 Å². The first-order valence-electron chi connectivity index (χ1n) is 46.5. The molecule has 6 unspecified atom stereocenters. The molecule has 12 aromatic heterocycles. The normalized spacial score (nSPS) is 18.7. The van der Waals surface area contributed by atoms with Crippen LogP contribution in [0.15, 0.2) is 303 Å². The van der Waals surface area contributed by atoms with Crippen molar-refractivity contribution in [3.8, 4) is 0 Å². The van der Waals surface area contributed by atoms with Gasteiger partial charge < -0.3 is 66.2 Å². The average molecular weight is 1690 g/mol. The first-order chi connectivity index (χ1) is 64.9. The van der Waals surface area contributed by atoms with Crippen LogP contribution in [-0.2, 0) is 0 Å². The molecular weight excluding hydrogens is 1580 g/mol. The van der Waals surface area contributed by atoms with E-state index in [1.54, 1.807) is 66.9 Å². The molecule has 24 rings (SSSR count). The van der Waals surface area contributed by atoms with E-state index < -0.39 is 25.9 Å². The number of aryl methyl sites for hydroxylation is 5. The van der Waals surface area contributed by atoms with Gasteiger partial charge in [0.2, 0.25) is 28.6 Å². The number of nitrogens with zero attached hydrogens (tertiary/aromatic N) is 18. The predicted octanol–water partition coefficient (Wildman–Crippen LogP) is 25.2. The van der Waals surface area contributed by atoms with Gasteiger partial charge in [-0.25, -0.2) is 39.9 Å². The van der Waals surface area contributed by atoms with Gasteiger partial charge in [-0.15, -0.1) is 0 Å². The Morgan fingerprint density at radius 1 is 0.283 bits per heavy atom. The number of benzene rings is 7. The van der Waals surface area contributed by atoms with Crippen LogP contribution in [0.25, 0.3) is 110 Å². The summed E-state index contributed by atoms with van der Waals surface area (Å²) in [6.07, 6.45) is 24.3. The SMILES string of the molecule is Cc1ccc2c(oc3ncccc32)c1N1c2cccnc2N(c2ccccc2)C1C.Cc1ccc2c(oc3ncccc32)c1N1c2nccnc2N(c2ccccc2)C1C.[2H]C(C)(C)N1C=CN(c2c(C)ccc3c2oc2ncccc23)C1C.[2H]C([2H])([2H])C([2H])(C)N1C=CN(c2c(C)ccc3c2oc2ncccc23)C1C.[2H]C([2H])([2H])N1C=CN(c2c(C)ccc3c2oc2ncccc23)C1C. The molecule has 17 heterocycles. The monoisotopic (exact) mass is 1690 g/mol. The second-order valence-electron chi connectivity index (χ2n) is 32.6. The lowest BCUT2D eigenvalue weighted by atomic mass is 10.1. The third kappa shape index (κ3) is 13.6. The van der Waals surface area contributed by atoms with E-state index in [-0.39, 0.29) is 30.8 Å². The number of furan rings is 5. The third-order valence-corrected chi connectivity index (χ3v) is 24.6. The zero-order chi connectivity index (χ0) is 94.2. The molecular formula is C104H98N18O5. The van der Waals surface area contributed by atoms with Crippen LogP contribution in [0, 0.1) is 34.6 Å². The van der Waals surface area contributed by atoms with Gasteiger partial charge in [-0.1, -0.05) is 97.1 Å². The molecule has 634 valence electrons. The van der Waals surface area contributed by atoms with E-state index in [4.69, 9.17) is 43.0 Å². The smallest absolute Gasteiger partial charge is 0.227 e. The number of hydrogen-bond donors (Lipinski definition) is 0. The molecule has 6 atom stereocenters. The summed E-state index contributed by atoms with van der Waals surface area (Å²) < 4.78 is 93.6. The van der Waals surface area contributed by atoms with Crippen molar-refractivity contribution in [3.63, 3.8) is 0 Å². The number of aromatic nitrogens is 8. The van der Waals surface area contributed by atoms with Crippen molar-refractivity contribution in [2.24, 2.45) is 0 Å². The van der Waals surface area contributed by atoms with Gasteiger partial charge in [0.25, 0.3) is 0 Å². The third-order valence-electron chi connectivity index (χ3n) is 24.6. The first kappa shape index (κ1) is 71.2. The lowest BCUT2D eigenvalue weighted by Crippen LogP contribution is -2.39. The number of pyridine rings is 6. The van der Waals surface area contributed by atoms with Crippen LogP contribution < -0.4 is 34.3 Å². The Hall–Kier alpha value is -15.3. The molecule has 19 aromatic rings. The van der Waals surface area contributed by atoms with Crippen molar-refractivity contribution in [1.29, 1.82) is 0 Å². The van der Waals surface area contributed by atoms with Gasteiger partial charge in [0.05, 0.1) is 36.9 Å². The molecule has 0 bridgehead atoms. The molecule has 0 saturated heterocycles. The minimum Gasteiger partial charge on any atom is -0.435 e. The summed E-state index contributed by atoms with van der Waals surface area (Å²) in [6, 6.07) is 62.9. The number of fused-ring (bicyclic) bond motifs is 17. The van der Waals surface area contributed by atoms with Crippen LogP contribution in [0.3, 0.4) is 0 Å². The topological polar surface area (TPSA) is 201 Å². The van der Waals surface area contributed by atoms with E-state index in [1.165, 1.54) is 11.8 Å². The standard InChI is InChI=1S/C25H20N4O.C24H19N5O.2C19H21N3O.C17H17N3O/c1-16-12-13-19-20-10-6-15-27-25(20)30-23(19)22(16)29-17(2)28(18-8-4-3-5-9-18)24-21(29)11-7-14-26-24;1-15-10-11-18-19-9-6-12-27-24(19)30-21(18)20(15)29-16(2)28(17-7-4-3-5-8-17)22-23(29)26-14-13-25-22;2*1-12(2)21-10-11-22(14(21)4)17-13(3)7-8-15-16-6-5-9-20-19(16)23-18(15)17;1-11-6-7-13-14-5-4-8-18-17(14)21-16(13)15(11)20-10-9-19(3)12(20)2/h3-15,17H,1-2H3;3-14,16H,1-2H3;2*5-12,14H,1-4H3;4-10,12H,1-3H3/i;;1D3,12D;12D;3D3. The molecule has 127 heavy (non-hydrogen) atoms. The fourth-order valence-electron chi connectivity index (χ4n) is 18.5. The van der Waals surface area contributed by atoms with Gasteiger partial charge in [-0.3, -0.25) is 4.90 Å². The molecule has 0 fully saturated rings. The van der Waals surface area contributed by atoms with Gasteiger partial charge >= 0.3 is 0 Å². The van der Waals surface area contributed by atoms with Gasteiger partial charge in [0.1, 0.15) is 30.8 Å². The molecule has 5 aliphatic heterocycles. The summed E-state index contributed by atoms with van der Waals surface area (Å²) in [6.45, 7) is 21.1.